The zero-order chi connectivity index (χ0) is 14.6. The molecule has 0 amide bonds. The second kappa shape index (κ2) is 7.26. The van der Waals surface area contributed by atoms with E-state index in [1.54, 1.807) is 0 Å². The second-order valence-electron chi connectivity index (χ2n) is 7.43. The summed E-state index contributed by atoms with van der Waals surface area (Å²) >= 11 is 0. The third kappa shape index (κ3) is 3.57. The molecule has 2 nitrogen and oxygen atoms in total. The van der Waals surface area contributed by atoms with Gasteiger partial charge in [-0.3, -0.25) is 4.90 Å². The highest BCUT2D eigenvalue weighted by Gasteiger charge is 2.40. The first-order valence-electron chi connectivity index (χ1n) is 9.13. The molecule has 3 rings (SSSR count). The van der Waals surface area contributed by atoms with Gasteiger partial charge in [0.25, 0.3) is 0 Å². The molecule has 2 heterocycles. The molecule has 0 aromatic heterocycles. The molecule has 20 heavy (non-hydrogen) atoms. The quantitative estimate of drug-likeness (QED) is 0.825. The molecular weight excluding hydrogens is 244 g/mol. The average Bonchev–Trinajstić information content (AvgIpc) is 2.42. The van der Waals surface area contributed by atoms with Crippen LogP contribution in [0.2, 0.25) is 0 Å². The second-order valence-corrected chi connectivity index (χ2v) is 7.43. The molecule has 1 spiro atoms. The Kier molecular flexibility index (Phi) is 5.92. The van der Waals surface area contributed by atoms with E-state index in [-0.39, 0.29) is 0 Å². The van der Waals surface area contributed by atoms with E-state index in [1.165, 1.54) is 64.7 Å². The maximum atomic E-state index is 3.41. The first kappa shape index (κ1) is 16.3. The zero-order valence-corrected chi connectivity index (χ0v) is 14.3. The Morgan fingerprint density at radius 2 is 1.50 bits per heavy atom. The molecule has 2 heteroatoms. The maximum absolute atomic E-state index is 3.41. The molecular formula is C18H36N2. The molecule has 3 aliphatic rings. The number of nitrogens with one attached hydrogen (secondary N) is 1. The van der Waals surface area contributed by atoms with Gasteiger partial charge in [-0.15, -0.1) is 0 Å². The molecule has 0 atom stereocenters. The Bertz CT molecular complexity index is 265. The van der Waals surface area contributed by atoms with Crippen LogP contribution in [-0.2, 0) is 0 Å². The molecule has 2 aliphatic heterocycles. The van der Waals surface area contributed by atoms with Crippen molar-refractivity contribution in [3.8, 4) is 0 Å². The molecule has 0 aromatic rings. The van der Waals surface area contributed by atoms with Crippen LogP contribution < -0.4 is 5.32 Å². The van der Waals surface area contributed by atoms with Crippen molar-refractivity contribution < 1.29 is 0 Å². The summed E-state index contributed by atoms with van der Waals surface area (Å²) in [5.74, 6) is 1.92. The number of piperidine rings is 1. The normalized spacial score (nSPS) is 28.1. The lowest BCUT2D eigenvalue weighted by molar-refractivity contribution is 0.0164. The Morgan fingerprint density at radius 3 is 1.90 bits per heavy atom. The molecule has 1 aliphatic carbocycles. The minimum Gasteiger partial charge on any atom is -0.314 e. The van der Waals surface area contributed by atoms with Crippen molar-refractivity contribution in [3.05, 3.63) is 0 Å². The highest BCUT2D eigenvalue weighted by atomic mass is 15.2. The van der Waals surface area contributed by atoms with Gasteiger partial charge in [-0.05, 0) is 68.9 Å². The van der Waals surface area contributed by atoms with Gasteiger partial charge in [0.2, 0.25) is 0 Å². The average molecular weight is 280 g/mol. The van der Waals surface area contributed by atoms with Crippen LogP contribution in [0, 0.1) is 17.3 Å². The summed E-state index contributed by atoms with van der Waals surface area (Å²) < 4.78 is 0. The topological polar surface area (TPSA) is 15.3 Å². The van der Waals surface area contributed by atoms with Gasteiger partial charge in [0.1, 0.15) is 0 Å². The van der Waals surface area contributed by atoms with Crippen molar-refractivity contribution in [2.75, 3.05) is 26.2 Å². The summed E-state index contributed by atoms with van der Waals surface area (Å²) in [5.41, 5.74) is 0.749. The van der Waals surface area contributed by atoms with Gasteiger partial charge >= 0.3 is 0 Å². The van der Waals surface area contributed by atoms with E-state index in [0.717, 1.165) is 23.3 Å². The van der Waals surface area contributed by atoms with Crippen LogP contribution in [0.4, 0.5) is 0 Å². The first-order chi connectivity index (χ1) is 9.69. The van der Waals surface area contributed by atoms with Crippen LogP contribution in [0.15, 0.2) is 0 Å². The van der Waals surface area contributed by atoms with Crippen LogP contribution in [-0.4, -0.2) is 37.1 Å². The third-order valence-corrected chi connectivity index (χ3v) is 6.17. The highest BCUT2D eigenvalue weighted by molar-refractivity contribution is 4.94. The molecule has 0 radical (unpaired) electrons. The minimum absolute atomic E-state index is 0.749. The summed E-state index contributed by atoms with van der Waals surface area (Å²) in [6, 6.07) is 0.870. The van der Waals surface area contributed by atoms with Crippen molar-refractivity contribution in [2.45, 2.75) is 72.3 Å². The van der Waals surface area contributed by atoms with Gasteiger partial charge in [-0.2, -0.15) is 0 Å². The first-order valence-corrected chi connectivity index (χ1v) is 9.13. The molecule has 2 saturated heterocycles. The fourth-order valence-electron chi connectivity index (χ4n) is 4.31. The molecule has 1 saturated carbocycles. The van der Waals surface area contributed by atoms with Gasteiger partial charge < -0.3 is 5.32 Å². The number of likely N-dealkylation sites (tertiary alicyclic amines) is 1. The van der Waals surface area contributed by atoms with Gasteiger partial charge in [0, 0.05) is 19.1 Å². The van der Waals surface area contributed by atoms with Crippen molar-refractivity contribution in [1.82, 2.24) is 10.2 Å². The monoisotopic (exact) mass is 280 g/mol. The van der Waals surface area contributed by atoms with Crippen molar-refractivity contribution >= 4 is 0 Å². The molecule has 3 fully saturated rings. The van der Waals surface area contributed by atoms with E-state index in [9.17, 15) is 0 Å². The lowest BCUT2D eigenvalue weighted by atomic mass is 9.63. The molecule has 1 N–H and O–H groups in total. The SMILES string of the molecule is CC.CC(C)C1CCC2(CC1)CCN(C1CNC1)CC2. The Morgan fingerprint density at radius 1 is 0.950 bits per heavy atom. The lowest BCUT2D eigenvalue weighted by Gasteiger charge is -2.49. The molecule has 0 bridgehead atoms. The van der Waals surface area contributed by atoms with Crippen LogP contribution in [0.3, 0.4) is 0 Å². The Labute approximate surface area is 126 Å². The molecule has 118 valence electrons. The van der Waals surface area contributed by atoms with Gasteiger partial charge in [0.05, 0.1) is 0 Å². The summed E-state index contributed by atoms with van der Waals surface area (Å²) in [6.45, 7) is 14.0. The highest BCUT2D eigenvalue weighted by Crippen LogP contribution is 2.47. The van der Waals surface area contributed by atoms with E-state index in [4.69, 9.17) is 0 Å². The van der Waals surface area contributed by atoms with Crippen molar-refractivity contribution in [2.24, 2.45) is 17.3 Å². The predicted molar refractivity (Wildman–Crippen MR) is 88.0 cm³/mol. The number of hydrogen-bond donors (Lipinski definition) is 1. The number of rotatable bonds is 2. The molecule has 0 aromatic carbocycles. The number of hydrogen-bond acceptors (Lipinski definition) is 2. The fraction of sp³-hybridized carbons (Fsp3) is 1.00. The van der Waals surface area contributed by atoms with Gasteiger partial charge in [0.15, 0.2) is 0 Å². The van der Waals surface area contributed by atoms with Crippen LogP contribution >= 0.6 is 0 Å². The minimum atomic E-state index is 0.749. The summed E-state index contributed by atoms with van der Waals surface area (Å²) in [5, 5.41) is 3.41. The van der Waals surface area contributed by atoms with E-state index in [1.807, 2.05) is 13.8 Å². The van der Waals surface area contributed by atoms with Crippen LogP contribution in [0.5, 0.6) is 0 Å². The number of nitrogens with zero attached hydrogens (tertiary/aromatic N) is 1. The standard InChI is InChI=1S/C16H30N2.C2H6/c1-13(2)14-3-5-16(6-4-14)7-9-18(10-8-16)15-11-17-12-15;1-2/h13-15,17H,3-12H2,1-2H3;1-2H3. The van der Waals surface area contributed by atoms with Gasteiger partial charge in [-0.1, -0.05) is 27.7 Å². The van der Waals surface area contributed by atoms with Gasteiger partial charge in [-0.25, -0.2) is 0 Å². The summed E-state index contributed by atoms with van der Waals surface area (Å²) in [4.78, 5) is 2.75. The van der Waals surface area contributed by atoms with E-state index < -0.39 is 0 Å². The zero-order valence-electron chi connectivity index (χ0n) is 14.3. The Hall–Kier alpha value is -0.0800. The fourth-order valence-corrected chi connectivity index (χ4v) is 4.31. The van der Waals surface area contributed by atoms with Crippen molar-refractivity contribution in [3.63, 3.8) is 0 Å². The predicted octanol–water partition coefficient (Wildman–Crippen LogP) is 3.91. The summed E-state index contributed by atoms with van der Waals surface area (Å²) in [7, 11) is 0. The Balaban J connectivity index is 0.000000704. The largest absolute Gasteiger partial charge is 0.314 e. The van der Waals surface area contributed by atoms with E-state index >= 15 is 0 Å². The maximum Gasteiger partial charge on any atom is 0.0345 e. The van der Waals surface area contributed by atoms with Crippen molar-refractivity contribution in [1.29, 1.82) is 0 Å². The van der Waals surface area contributed by atoms with E-state index in [0.29, 0.717) is 0 Å². The van der Waals surface area contributed by atoms with Crippen LogP contribution in [0.1, 0.15) is 66.2 Å². The lowest BCUT2D eigenvalue weighted by Crippen LogP contribution is -2.59. The van der Waals surface area contributed by atoms with E-state index in [2.05, 4.69) is 24.1 Å². The summed E-state index contributed by atoms with van der Waals surface area (Å²) in [6.07, 6.45) is 9.01. The smallest absolute Gasteiger partial charge is 0.0345 e. The third-order valence-electron chi connectivity index (χ3n) is 6.17. The molecule has 0 unspecified atom stereocenters. The van der Waals surface area contributed by atoms with Crippen LogP contribution in [0.25, 0.3) is 0 Å².